The van der Waals surface area contributed by atoms with Gasteiger partial charge in [0.1, 0.15) is 0 Å². The molecule has 1 aromatic rings. The lowest BCUT2D eigenvalue weighted by molar-refractivity contribution is 0.530. The maximum atomic E-state index is 3.55. The second kappa shape index (κ2) is 8.34. The van der Waals surface area contributed by atoms with Crippen LogP contribution in [0.3, 0.4) is 0 Å². The molecule has 0 aliphatic rings. The fraction of sp³-hybridized carbons (Fsp3) is 0.647. The smallest absolute Gasteiger partial charge is 0.0210 e. The van der Waals surface area contributed by atoms with Gasteiger partial charge in [-0.2, -0.15) is 0 Å². The van der Waals surface area contributed by atoms with Gasteiger partial charge in [-0.05, 0) is 69.4 Å². The van der Waals surface area contributed by atoms with Crippen molar-refractivity contribution in [2.45, 2.75) is 47.6 Å². The summed E-state index contributed by atoms with van der Waals surface area (Å²) >= 11 is 0. The van der Waals surface area contributed by atoms with E-state index in [-0.39, 0.29) is 0 Å². The molecule has 0 unspecified atom stereocenters. The summed E-state index contributed by atoms with van der Waals surface area (Å²) in [4.78, 5) is 0. The maximum absolute atomic E-state index is 3.55. The summed E-state index contributed by atoms with van der Waals surface area (Å²) in [6.45, 7) is 15.4. The molecule has 1 aromatic carbocycles. The first kappa shape index (κ1) is 16.2. The van der Waals surface area contributed by atoms with Crippen LogP contribution in [0.5, 0.6) is 0 Å². The number of nitrogens with one attached hydrogen (secondary N) is 2. The van der Waals surface area contributed by atoms with Crippen molar-refractivity contribution in [2.24, 2.45) is 5.92 Å². The molecular weight excluding hydrogens is 232 g/mol. The minimum absolute atomic E-state index is 0.741. The average molecular weight is 262 g/mol. The Morgan fingerprint density at radius 1 is 0.947 bits per heavy atom. The molecule has 2 N–H and O–H groups in total. The van der Waals surface area contributed by atoms with Crippen LogP contribution >= 0.6 is 0 Å². The second-order valence-electron chi connectivity index (χ2n) is 6.01. The molecule has 0 fully saturated rings. The Labute approximate surface area is 119 Å². The molecule has 0 saturated heterocycles. The highest BCUT2D eigenvalue weighted by Gasteiger charge is 2.03. The Hall–Kier alpha value is -0.860. The van der Waals surface area contributed by atoms with Crippen LogP contribution in [0.1, 0.15) is 42.5 Å². The van der Waals surface area contributed by atoms with E-state index in [0.717, 1.165) is 32.1 Å². The molecule has 1 rings (SSSR count). The summed E-state index contributed by atoms with van der Waals surface area (Å²) in [6.07, 6.45) is 1.19. The Morgan fingerprint density at radius 2 is 1.53 bits per heavy atom. The highest BCUT2D eigenvalue weighted by molar-refractivity contribution is 5.37. The van der Waals surface area contributed by atoms with Gasteiger partial charge in [-0.25, -0.2) is 0 Å². The monoisotopic (exact) mass is 262 g/mol. The van der Waals surface area contributed by atoms with Gasteiger partial charge in [0, 0.05) is 6.54 Å². The minimum atomic E-state index is 0.741. The third-order valence-corrected chi connectivity index (χ3v) is 3.40. The Balaban J connectivity index is 2.23. The summed E-state index contributed by atoms with van der Waals surface area (Å²) in [7, 11) is 0. The lowest BCUT2D eigenvalue weighted by Gasteiger charge is -2.13. The van der Waals surface area contributed by atoms with Crippen molar-refractivity contribution in [1.82, 2.24) is 10.6 Å². The van der Waals surface area contributed by atoms with Crippen molar-refractivity contribution < 1.29 is 0 Å². The molecule has 0 radical (unpaired) electrons. The summed E-state index contributed by atoms with van der Waals surface area (Å²) in [5, 5.41) is 7.02. The van der Waals surface area contributed by atoms with E-state index in [1.807, 2.05) is 0 Å². The fourth-order valence-electron chi connectivity index (χ4n) is 2.43. The number of hydrogen-bond donors (Lipinski definition) is 2. The second-order valence-corrected chi connectivity index (χ2v) is 6.01. The minimum Gasteiger partial charge on any atom is -0.316 e. The molecule has 0 bridgehead atoms. The first-order valence-electron chi connectivity index (χ1n) is 7.49. The molecule has 0 atom stereocenters. The standard InChI is InChI=1S/C17H30N2/c1-13(2)11-18-7-6-8-19-12-17-15(4)9-14(3)10-16(17)5/h9-10,13,18-19H,6-8,11-12H2,1-5H3. The van der Waals surface area contributed by atoms with Crippen LogP contribution in [0, 0.1) is 26.7 Å². The summed E-state index contributed by atoms with van der Waals surface area (Å²) in [6, 6.07) is 4.54. The molecular formula is C17H30N2. The number of benzene rings is 1. The first-order valence-corrected chi connectivity index (χ1v) is 7.49. The first-order chi connectivity index (χ1) is 9.00. The lowest BCUT2D eigenvalue weighted by atomic mass is 10.00. The quantitative estimate of drug-likeness (QED) is 0.702. The fourth-order valence-corrected chi connectivity index (χ4v) is 2.43. The normalized spacial score (nSPS) is 11.3. The van der Waals surface area contributed by atoms with Crippen molar-refractivity contribution in [1.29, 1.82) is 0 Å². The van der Waals surface area contributed by atoms with Gasteiger partial charge in [-0.15, -0.1) is 0 Å². The van der Waals surface area contributed by atoms with Crippen LogP contribution < -0.4 is 10.6 Å². The van der Waals surface area contributed by atoms with Crippen molar-refractivity contribution in [2.75, 3.05) is 19.6 Å². The number of hydrogen-bond acceptors (Lipinski definition) is 2. The molecule has 2 nitrogen and oxygen atoms in total. The van der Waals surface area contributed by atoms with Crippen LogP contribution in [0.2, 0.25) is 0 Å². The molecule has 0 saturated carbocycles. The van der Waals surface area contributed by atoms with Gasteiger partial charge in [0.15, 0.2) is 0 Å². The van der Waals surface area contributed by atoms with E-state index in [4.69, 9.17) is 0 Å². The van der Waals surface area contributed by atoms with Crippen LogP contribution in [0.15, 0.2) is 12.1 Å². The predicted octanol–water partition coefficient (Wildman–Crippen LogP) is 3.34. The molecule has 0 spiro atoms. The molecule has 108 valence electrons. The van der Waals surface area contributed by atoms with E-state index in [2.05, 4.69) is 57.4 Å². The van der Waals surface area contributed by atoms with E-state index in [0.29, 0.717) is 0 Å². The molecule has 0 aliphatic heterocycles. The highest BCUT2D eigenvalue weighted by Crippen LogP contribution is 2.15. The molecule has 0 amide bonds. The third-order valence-electron chi connectivity index (χ3n) is 3.40. The van der Waals surface area contributed by atoms with Gasteiger partial charge in [0.25, 0.3) is 0 Å². The maximum Gasteiger partial charge on any atom is 0.0210 e. The predicted molar refractivity (Wildman–Crippen MR) is 84.7 cm³/mol. The zero-order valence-electron chi connectivity index (χ0n) is 13.3. The van der Waals surface area contributed by atoms with Gasteiger partial charge in [-0.3, -0.25) is 0 Å². The molecule has 0 aromatic heterocycles. The summed E-state index contributed by atoms with van der Waals surface area (Å²) < 4.78 is 0. The SMILES string of the molecule is Cc1cc(C)c(CNCCCNCC(C)C)c(C)c1. The molecule has 19 heavy (non-hydrogen) atoms. The largest absolute Gasteiger partial charge is 0.316 e. The van der Waals surface area contributed by atoms with E-state index in [1.165, 1.54) is 28.7 Å². The van der Waals surface area contributed by atoms with Crippen LogP contribution in [-0.4, -0.2) is 19.6 Å². The average Bonchev–Trinajstić information content (AvgIpc) is 2.30. The van der Waals surface area contributed by atoms with E-state index in [9.17, 15) is 0 Å². The molecule has 0 heterocycles. The van der Waals surface area contributed by atoms with Gasteiger partial charge < -0.3 is 10.6 Å². The Bertz CT molecular complexity index is 360. The van der Waals surface area contributed by atoms with E-state index < -0.39 is 0 Å². The Morgan fingerprint density at radius 3 is 2.11 bits per heavy atom. The van der Waals surface area contributed by atoms with E-state index >= 15 is 0 Å². The number of aryl methyl sites for hydroxylation is 3. The Kier molecular flexibility index (Phi) is 7.11. The third kappa shape index (κ3) is 6.22. The van der Waals surface area contributed by atoms with Crippen LogP contribution in [0.4, 0.5) is 0 Å². The van der Waals surface area contributed by atoms with Gasteiger partial charge in [-0.1, -0.05) is 31.5 Å². The van der Waals surface area contributed by atoms with Crippen LogP contribution in [0.25, 0.3) is 0 Å². The zero-order valence-corrected chi connectivity index (χ0v) is 13.3. The highest BCUT2D eigenvalue weighted by atomic mass is 14.9. The van der Waals surface area contributed by atoms with Gasteiger partial charge >= 0.3 is 0 Å². The molecule has 2 heteroatoms. The van der Waals surface area contributed by atoms with Crippen molar-refractivity contribution in [3.05, 3.63) is 34.4 Å². The zero-order chi connectivity index (χ0) is 14.3. The van der Waals surface area contributed by atoms with Gasteiger partial charge in [0.2, 0.25) is 0 Å². The molecule has 0 aliphatic carbocycles. The van der Waals surface area contributed by atoms with E-state index in [1.54, 1.807) is 0 Å². The topological polar surface area (TPSA) is 24.1 Å². The van der Waals surface area contributed by atoms with Crippen molar-refractivity contribution in [3.8, 4) is 0 Å². The summed E-state index contributed by atoms with van der Waals surface area (Å²) in [5.41, 5.74) is 5.63. The van der Waals surface area contributed by atoms with Crippen molar-refractivity contribution >= 4 is 0 Å². The lowest BCUT2D eigenvalue weighted by Crippen LogP contribution is -2.25. The van der Waals surface area contributed by atoms with Crippen LogP contribution in [-0.2, 0) is 6.54 Å². The summed E-state index contributed by atoms with van der Waals surface area (Å²) in [5.74, 6) is 0.741. The van der Waals surface area contributed by atoms with Gasteiger partial charge in [0.05, 0.1) is 0 Å². The number of rotatable bonds is 8. The van der Waals surface area contributed by atoms with Crippen molar-refractivity contribution in [3.63, 3.8) is 0 Å².